The summed E-state index contributed by atoms with van der Waals surface area (Å²) >= 11 is 11.9. The smallest absolute Gasteiger partial charge is 0.241 e. The molecule has 31 heavy (non-hydrogen) atoms. The predicted octanol–water partition coefficient (Wildman–Crippen LogP) is 3.22. The van der Waals surface area contributed by atoms with Crippen molar-refractivity contribution in [1.82, 2.24) is 14.9 Å². The number of nitriles is 1. The van der Waals surface area contributed by atoms with E-state index in [1.54, 1.807) is 4.90 Å². The van der Waals surface area contributed by atoms with Crippen LogP contribution in [0.4, 0.5) is 0 Å². The molecule has 2 bridgehead atoms. The highest BCUT2D eigenvalue weighted by Gasteiger charge is 2.50. The Morgan fingerprint density at radius 2 is 1.77 bits per heavy atom. The molecule has 4 aliphatic rings. The number of hydrogen-bond donors (Lipinski definition) is 2. The zero-order valence-corrected chi connectivity index (χ0v) is 19.5. The molecule has 1 amide bonds. The van der Waals surface area contributed by atoms with Crippen molar-refractivity contribution >= 4 is 39.1 Å². The second kappa shape index (κ2) is 8.53. The van der Waals surface area contributed by atoms with Gasteiger partial charge in [0.2, 0.25) is 15.9 Å². The third-order valence-corrected chi connectivity index (χ3v) is 9.45. The summed E-state index contributed by atoms with van der Waals surface area (Å²) in [4.78, 5) is 14.4. The zero-order chi connectivity index (χ0) is 22.3. The van der Waals surface area contributed by atoms with Crippen molar-refractivity contribution in [1.29, 1.82) is 5.26 Å². The van der Waals surface area contributed by atoms with Gasteiger partial charge in [-0.1, -0.05) is 23.2 Å². The van der Waals surface area contributed by atoms with Crippen LogP contribution in [0.1, 0.15) is 51.4 Å². The molecular weight excluding hydrogens is 459 g/mol. The third-order valence-electron chi connectivity index (χ3n) is 7.14. The zero-order valence-electron chi connectivity index (χ0n) is 17.2. The van der Waals surface area contributed by atoms with Gasteiger partial charge in [-0.15, -0.1) is 0 Å². The molecule has 0 aromatic heterocycles. The summed E-state index contributed by atoms with van der Waals surface area (Å²) in [5, 5.41) is 13.2. The fraction of sp³-hybridized carbons (Fsp3) is 0.619. The number of likely N-dealkylation sites (tertiary alicyclic amines) is 1. The quantitative estimate of drug-likeness (QED) is 0.644. The molecule has 0 unspecified atom stereocenters. The monoisotopic (exact) mass is 484 g/mol. The molecule has 1 atom stereocenters. The van der Waals surface area contributed by atoms with E-state index in [1.807, 2.05) is 0 Å². The van der Waals surface area contributed by atoms with Gasteiger partial charge in [-0.25, -0.2) is 13.1 Å². The second-order valence-corrected chi connectivity index (χ2v) is 11.5. The van der Waals surface area contributed by atoms with Crippen LogP contribution in [0.15, 0.2) is 23.1 Å². The highest BCUT2D eigenvalue weighted by Crippen LogP contribution is 2.47. The number of halogens is 2. The van der Waals surface area contributed by atoms with Crippen LogP contribution in [0.2, 0.25) is 10.0 Å². The van der Waals surface area contributed by atoms with Crippen LogP contribution in [-0.2, 0) is 14.8 Å². The molecule has 2 N–H and O–H groups in total. The van der Waals surface area contributed by atoms with Crippen molar-refractivity contribution in [2.24, 2.45) is 0 Å². The van der Waals surface area contributed by atoms with Gasteiger partial charge in [0.25, 0.3) is 0 Å². The maximum Gasteiger partial charge on any atom is 0.241 e. The van der Waals surface area contributed by atoms with Crippen LogP contribution in [0.5, 0.6) is 0 Å². The normalized spacial score (nSPS) is 30.4. The fourth-order valence-corrected chi connectivity index (χ4v) is 7.03. The van der Waals surface area contributed by atoms with Gasteiger partial charge in [0.1, 0.15) is 6.04 Å². The van der Waals surface area contributed by atoms with Crippen molar-refractivity contribution in [2.45, 2.75) is 73.4 Å². The van der Waals surface area contributed by atoms with Crippen molar-refractivity contribution in [2.75, 3.05) is 13.1 Å². The van der Waals surface area contributed by atoms with Crippen molar-refractivity contribution in [3.8, 4) is 6.07 Å². The van der Waals surface area contributed by atoms with Crippen LogP contribution in [0.25, 0.3) is 0 Å². The number of benzene rings is 1. The van der Waals surface area contributed by atoms with Crippen LogP contribution in [0.3, 0.4) is 0 Å². The van der Waals surface area contributed by atoms with Gasteiger partial charge in [0.15, 0.2) is 0 Å². The number of amides is 1. The molecule has 1 aliphatic heterocycles. The Bertz CT molecular complexity index is 999. The van der Waals surface area contributed by atoms with E-state index in [0.717, 1.165) is 32.1 Å². The van der Waals surface area contributed by atoms with Crippen LogP contribution >= 0.6 is 23.2 Å². The Labute approximate surface area is 193 Å². The minimum atomic E-state index is -3.72. The number of rotatable bonds is 6. The fourth-order valence-electron chi connectivity index (χ4n) is 5.16. The molecule has 1 aromatic carbocycles. The second-order valence-electron chi connectivity index (χ2n) is 8.97. The Kier molecular flexibility index (Phi) is 6.27. The molecule has 3 aliphatic carbocycles. The van der Waals surface area contributed by atoms with Crippen LogP contribution < -0.4 is 10.0 Å². The number of carbonyl (C=O) groups excluding carboxylic acids is 1. The standard InChI is InChI=1S/C21H26Cl2N4O3S/c22-17-4-3-16(12-18(17)23)31(29,30)26-21-8-5-20(6-9-21,7-10-21)25-14-19(28)27-11-1-2-15(27)13-24/h3-4,12,15,25-26H,1-2,5-11,14H2/t15-,20?,21?/m0/s1. The maximum absolute atomic E-state index is 12.9. The van der Waals surface area contributed by atoms with E-state index in [-0.39, 0.29) is 34.0 Å². The Morgan fingerprint density at radius 1 is 1.13 bits per heavy atom. The summed E-state index contributed by atoms with van der Waals surface area (Å²) in [6.45, 7) is 0.867. The van der Waals surface area contributed by atoms with Gasteiger partial charge < -0.3 is 10.2 Å². The predicted molar refractivity (Wildman–Crippen MR) is 118 cm³/mol. The SMILES string of the molecule is N#C[C@@H]1CCCN1C(=O)CNC12CCC(NS(=O)(=O)c3ccc(Cl)c(Cl)c3)(CC1)CC2. The first-order valence-corrected chi connectivity index (χ1v) is 12.8. The lowest BCUT2D eigenvalue weighted by Gasteiger charge is -2.53. The van der Waals surface area contributed by atoms with Crippen LogP contribution in [0, 0.1) is 11.3 Å². The molecular formula is C21H26Cl2N4O3S. The summed E-state index contributed by atoms with van der Waals surface area (Å²) in [5.41, 5.74) is -0.618. The minimum absolute atomic E-state index is 0.0267. The Morgan fingerprint density at radius 3 is 2.39 bits per heavy atom. The average molecular weight is 485 g/mol. The molecule has 5 rings (SSSR count). The number of nitrogens with zero attached hydrogens (tertiary/aromatic N) is 2. The van der Waals surface area contributed by atoms with E-state index in [1.165, 1.54) is 18.2 Å². The van der Waals surface area contributed by atoms with Gasteiger partial charge in [-0.05, 0) is 69.6 Å². The molecule has 3 saturated carbocycles. The molecule has 1 aromatic rings. The molecule has 0 radical (unpaired) electrons. The van der Waals surface area contributed by atoms with Crippen molar-refractivity contribution < 1.29 is 13.2 Å². The molecule has 1 heterocycles. The van der Waals surface area contributed by atoms with Gasteiger partial charge in [-0.3, -0.25) is 4.79 Å². The highest BCUT2D eigenvalue weighted by atomic mass is 35.5. The third kappa shape index (κ3) is 4.57. The molecule has 4 fully saturated rings. The highest BCUT2D eigenvalue weighted by molar-refractivity contribution is 7.89. The molecule has 10 heteroatoms. The first kappa shape index (κ1) is 22.8. The topological polar surface area (TPSA) is 102 Å². The summed E-state index contributed by atoms with van der Waals surface area (Å²) in [5.74, 6) is -0.0267. The average Bonchev–Trinajstić information content (AvgIpc) is 3.24. The van der Waals surface area contributed by atoms with Crippen LogP contribution in [-0.4, -0.2) is 49.4 Å². The van der Waals surface area contributed by atoms with Gasteiger partial charge in [0, 0.05) is 17.6 Å². The summed E-state index contributed by atoms with van der Waals surface area (Å²) in [7, 11) is -3.72. The lowest BCUT2D eigenvalue weighted by Crippen LogP contribution is -2.63. The number of sulfonamides is 1. The van der Waals surface area contributed by atoms with Gasteiger partial charge >= 0.3 is 0 Å². The van der Waals surface area contributed by atoms with E-state index in [0.29, 0.717) is 30.8 Å². The molecule has 1 saturated heterocycles. The lowest BCUT2D eigenvalue weighted by molar-refractivity contribution is -0.130. The Hall–Kier alpha value is -1.37. The first-order chi connectivity index (χ1) is 14.7. The summed E-state index contributed by atoms with van der Waals surface area (Å²) < 4.78 is 28.8. The Balaban J connectivity index is 1.37. The first-order valence-electron chi connectivity index (χ1n) is 10.6. The van der Waals surface area contributed by atoms with Crippen molar-refractivity contribution in [3.05, 3.63) is 28.2 Å². The van der Waals surface area contributed by atoms with E-state index >= 15 is 0 Å². The minimum Gasteiger partial charge on any atom is -0.326 e. The van der Waals surface area contributed by atoms with Crippen molar-refractivity contribution in [3.63, 3.8) is 0 Å². The number of nitrogens with one attached hydrogen (secondary N) is 2. The lowest BCUT2D eigenvalue weighted by atomic mass is 9.62. The van der Waals surface area contributed by atoms with E-state index in [2.05, 4.69) is 16.1 Å². The number of carbonyl (C=O) groups is 1. The molecule has 0 spiro atoms. The van der Waals surface area contributed by atoms with Gasteiger partial charge in [0.05, 0.1) is 27.6 Å². The summed E-state index contributed by atoms with van der Waals surface area (Å²) in [6.07, 6.45) is 6.13. The maximum atomic E-state index is 12.9. The largest absolute Gasteiger partial charge is 0.326 e. The number of hydrogen-bond acceptors (Lipinski definition) is 5. The molecule has 168 valence electrons. The molecule has 7 nitrogen and oxygen atoms in total. The van der Waals surface area contributed by atoms with Gasteiger partial charge in [-0.2, -0.15) is 5.26 Å². The van der Waals surface area contributed by atoms with E-state index < -0.39 is 15.6 Å². The number of fused-ring (bicyclic) bond motifs is 3. The van der Waals surface area contributed by atoms with E-state index in [4.69, 9.17) is 23.2 Å². The summed E-state index contributed by atoms with van der Waals surface area (Å²) in [6, 6.07) is 6.22. The van der Waals surface area contributed by atoms with E-state index in [9.17, 15) is 18.5 Å².